The number of aromatic nitrogens is 3. The lowest BCUT2D eigenvalue weighted by molar-refractivity contribution is 0.687. The van der Waals surface area contributed by atoms with Crippen molar-refractivity contribution in [1.29, 1.82) is 0 Å². The number of hydrogen-bond acceptors (Lipinski definition) is 4. The number of anilines is 1. The largest absolute Gasteiger partial charge is 0.367 e. The monoisotopic (exact) mass is 272 g/mol. The predicted octanol–water partition coefficient (Wildman–Crippen LogP) is 3.53. The van der Waals surface area contributed by atoms with Gasteiger partial charge in [0.15, 0.2) is 11.5 Å². The maximum atomic E-state index is 4.52. The molecule has 0 spiro atoms. The van der Waals surface area contributed by atoms with Crippen LogP contribution in [0, 0.1) is 5.92 Å². The van der Waals surface area contributed by atoms with Gasteiger partial charge in [-0.05, 0) is 17.4 Å². The smallest absolute Gasteiger partial charge is 0.180 e. The molecule has 98 valence electrons. The molecular formula is C14H16N4S. The summed E-state index contributed by atoms with van der Waals surface area (Å²) >= 11 is 1.69. The molecule has 0 saturated heterocycles. The second kappa shape index (κ2) is 5.01. The highest BCUT2D eigenvalue weighted by atomic mass is 32.1. The molecule has 19 heavy (non-hydrogen) atoms. The average molecular weight is 272 g/mol. The lowest BCUT2D eigenvalue weighted by Gasteiger charge is -2.11. The van der Waals surface area contributed by atoms with E-state index in [1.807, 2.05) is 18.6 Å². The fraction of sp³-hybridized carbons (Fsp3) is 0.286. The van der Waals surface area contributed by atoms with E-state index in [9.17, 15) is 0 Å². The van der Waals surface area contributed by atoms with E-state index in [0.717, 1.165) is 23.7 Å². The highest BCUT2D eigenvalue weighted by Crippen LogP contribution is 2.24. The first-order valence-corrected chi connectivity index (χ1v) is 7.28. The molecule has 0 radical (unpaired) electrons. The van der Waals surface area contributed by atoms with Crippen molar-refractivity contribution in [3.05, 3.63) is 35.4 Å². The van der Waals surface area contributed by atoms with Gasteiger partial charge in [0.1, 0.15) is 0 Å². The van der Waals surface area contributed by atoms with Crippen LogP contribution in [-0.2, 0) is 0 Å². The molecule has 5 heteroatoms. The van der Waals surface area contributed by atoms with Crippen LogP contribution < -0.4 is 5.32 Å². The van der Waals surface area contributed by atoms with Crippen molar-refractivity contribution in [2.24, 2.45) is 5.92 Å². The van der Waals surface area contributed by atoms with Crippen LogP contribution >= 0.6 is 11.3 Å². The molecule has 0 aliphatic carbocycles. The Bertz CT molecular complexity index is 670. The van der Waals surface area contributed by atoms with Gasteiger partial charge in [0.2, 0.25) is 0 Å². The molecule has 3 rings (SSSR count). The fourth-order valence-electron chi connectivity index (χ4n) is 1.97. The average Bonchev–Trinajstić information content (AvgIpc) is 3.06. The summed E-state index contributed by atoms with van der Waals surface area (Å²) in [6, 6.07) is 2.10. The van der Waals surface area contributed by atoms with Gasteiger partial charge in [-0.2, -0.15) is 11.3 Å². The van der Waals surface area contributed by atoms with E-state index in [-0.39, 0.29) is 0 Å². The van der Waals surface area contributed by atoms with Crippen LogP contribution in [0.3, 0.4) is 0 Å². The SMILES string of the molecule is CC(C)CNc1ncc(-c2ccsc2)n2ccnc12. The van der Waals surface area contributed by atoms with Crippen molar-refractivity contribution < 1.29 is 0 Å². The van der Waals surface area contributed by atoms with E-state index in [2.05, 4.69) is 50.4 Å². The van der Waals surface area contributed by atoms with Crippen LogP contribution in [0.2, 0.25) is 0 Å². The Morgan fingerprint density at radius 2 is 2.26 bits per heavy atom. The van der Waals surface area contributed by atoms with Crippen LogP contribution in [0.4, 0.5) is 5.82 Å². The minimum Gasteiger partial charge on any atom is -0.367 e. The van der Waals surface area contributed by atoms with Gasteiger partial charge < -0.3 is 5.32 Å². The van der Waals surface area contributed by atoms with Crippen molar-refractivity contribution in [3.8, 4) is 11.3 Å². The third-order valence-corrected chi connectivity index (χ3v) is 3.61. The van der Waals surface area contributed by atoms with E-state index in [0.29, 0.717) is 5.92 Å². The van der Waals surface area contributed by atoms with Crippen molar-refractivity contribution in [2.45, 2.75) is 13.8 Å². The van der Waals surface area contributed by atoms with Gasteiger partial charge in [-0.15, -0.1) is 0 Å². The number of fused-ring (bicyclic) bond motifs is 1. The lowest BCUT2D eigenvalue weighted by Crippen LogP contribution is -2.10. The van der Waals surface area contributed by atoms with Crippen LogP contribution in [-0.4, -0.2) is 20.9 Å². The minimum atomic E-state index is 0.577. The van der Waals surface area contributed by atoms with Crippen molar-refractivity contribution in [2.75, 3.05) is 11.9 Å². The van der Waals surface area contributed by atoms with Gasteiger partial charge in [0, 0.05) is 29.9 Å². The highest BCUT2D eigenvalue weighted by Gasteiger charge is 2.10. The zero-order valence-corrected chi connectivity index (χ0v) is 11.8. The van der Waals surface area contributed by atoms with Crippen LogP contribution in [0.1, 0.15) is 13.8 Å². The molecular weight excluding hydrogens is 256 g/mol. The molecule has 0 unspecified atom stereocenters. The summed E-state index contributed by atoms with van der Waals surface area (Å²) in [5, 5.41) is 7.55. The van der Waals surface area contributed by atoms with Gasteiger partial charge >= 0.3 is 0 Å². The van der Waals surface area contributed by atoms with E-state index in [1.165, 1.54) is 5.56 Å². The predicted molar refractivity (Wildman–Crippen MR) is 79.6 cm³/mol. The molecule has 1 N–H and O–H groups in total. The third kappa shape index (κ3) is 2.33. The van der Waals surface area contributed by atoms with Crippen molar-refractivity contribution >= 4 is 22.8 Å². The summed E-state index contributed by atoms with van der Waals surface area (Å²) in [5.41, 5.74) is 3.13. The van der Waals surface area contributed by atoms with Gasteiger partial charge in [-0.1, -0.05) is 13.8 Å². The molecule has 0 atom stereocenters. The Morgan fingerprint density at radius 1 is 1.37 bits per heavy atom. The Balaban J connectivity index is 2.04. The molecule has 0 aromatic carbocycles. The Hall–Kier alpha value is -1.88. The normalized spacial score (nSPS) is 11.3. The summed E-state index contributed by atoms with van der Waals surface area (Å²) in [4.78, 5) is 8.93. The minimum absolute atomic E-state index is 0.577. The Morgan fingerprint density at radius 3 is 3.00 bits per heavy atom. The topological polar surface area (TPSA) is 42.2 Å². The first-order valence-electron chi connectivity index (χ1n) is 6.34. The number of imidazole rings is 1. The maximum absolute atomic E-state index is 4.52. The maximum Gasteiger partial charge on any atom is 0.180 e. The molecule has 3 aromatic heterocycles. The summed E-state index contributed by atoms with van der Waals surface area (Å²) in [5.74, 6) is 1.42. The standard InChI is InChI=1S/C14H16N4S/c1-10(2)7-16-13-14-15-4-5-18(14)12(8-17-13)11-3-6-19-9-11/h3-6,8-10H,7H2,1-2H3,(H,16,17). The summed E-state index contributed by atoms with van der Waals surface area (Å²) < 4.78 is 2.08. The summed E-state index contributed by atoms with van der Waals surface area (Å²) in [6.45, 7) is 5.25. The molecule has 0 saturated carbocycles. The molecule has 3 aromatic rings. The second-order valence-electron chi connectivity index (χ2n) is 4.90. The lowest BCUT2D eigenvalue weighted by atomic mass is 10.2. The second-order valence-corrected chi connectivity index (χ2v) is 5.68. The molecule has 0 aliphatic rings. The molecule has 0 aliphatic heterocycles. The van der Waals surface area contributed by atoms with Crippen molar-refractivity contribution in [3.63, 3.8) is 0 Å². The molecule has 4 nitrogen and oxygen atoms in total. The zero-order chi connectivity index (χ0) is 13.2. The summed E-state index contributed by atoms with van der Waals surface area (Å²) in [7, 11) is 0. The van der Waals surface area contributed by atoms with Gasteiger partial charge in [0.05, 0.1) is 11.9 Å². The molecule has 0 amide bonds. The number of nitrogens with one attached hydrogen (secondary N) is 1. The number of nitrogens with zero attached hydrogens (tertiary/aromatic N) is 3. The molecule has 0 fully saturated rings. The number of hydrogen-bond donors (Lipinski definition) is 1. The highest BCUT2D eigenvalue weighted by molar-refractivity contribution is 7.08. The fourth-order valence-corrected chi connectivity index (χ4v) is 2.62. The van der Waals surface area contributed by atoms with Gasteiger partial charge in [-0.25, -0.2) is 9.97 Å². The van der Waals surface area contributed by atoms with Crippen LogP contribution in [0.25, 0.3) is 16.9 Å². The Kier molecular flexibility index (Phi) is 3.21. The van der Waals surface area contributed by atoms with Crippen LogP contribution in [0.5, 0.6) is 0 Å². The first kappa shape index (κ1) is 12.2. The van der Waals surface area contributed by atoms with E-state index < -0.39 is 0 Å². The van der Waals surface area contributed by atoms with E-state index in [1.54, 1.807) is 11.3 Å². The van der Waals surface area contributed by atoms with Gasteiger partial charge in [-0.3, -0.25) is 4.40 Å². The van der Waals surface area contributed by atoms with E-state index in [4.69, 9.17) is 0 Å². The van der Waals surface area contributed by atoms with Crippen molar-refractivity contribution in [1.82, 2.24) is 14.4 Å². The Labute approximate surface area is 116 Å². The molecule has 3 heterocycles. The summed E-state index contributed by atoms with van der Waals surface area (Å²) in [6.07, 6.45) is 5.69. The quantitative estimate of drug-likeness (QED) is 0.790. The van der Waals surface area contributed by atoms with Gasteiger partial charge in [0.25, 0.3) is 0 Å². The van der Waals surface area contributed by atoms with E-state index >= 15 is 0 Å². The number of rotatable bonds is 4. The number of thiophene rings is 1. The first-order chi connectivity index (χ1) is 9.25. The van der Waals surface area contributed by atoms with Crippen LogP contribution in [0.15, 0.2) is 35.4 Å². The zero-order valence-electron chi connectivity index (χ0n) is 11.0. The third-order valence-electron chi connectivity index (χ3n) is 2.92. The molecule has 0 bridgehead atoms.